The molecule has 2 aromatic carbocycles. The molecule has 0 saturated heterocycles. The minimum Gasteiger partial charge on any atom is -0.491 e. The van der Waals surface area contributed by atoms with Crippen LogP contribution in [0.2, 0.25) is 0 Å². The van der Waals surface area contributed by atoms with Crippen LogP contribution in [0.5, 0.6) is 5.75 Å². The van der Waals surface area contributed by atoms with Crippen molar-refractivity contribution in [1.29, 1.82) is 0 Å². The lowest BCUT2D eigenvalue weighted by molar-refractivity contribution is 0.0773. The van der Waals surface area contributed by atoms with E-state index in [0.717, 1.165) is 24.4 Å². The summed E-state index contributed by atoms with van der Waals surface area (Å²) in [5, 5.41) is 0. The molecule has 0 spiro atoms. The highest BCUT2D eigenvalue weighted by atomic mass is 16.5. The molecule has 0 fully saturated rings. The number of rotatable bonds is 9. The fraction of sp³-hybridized carbons (Fsp3) is 0.435. The topological polar surface area (TPSA) is 32.8 Å². The van der Waals surface area contributed by atoms with E-state index in [1.807, 2.05) is 50.4 Å². The third-order valence-corrected chi connectivity index (χ3v) is 4.85. The van der Waals surface area contributed by atoms with Gasteiger partial charge >= 0.3 is 0 Å². The normalized spacial score (nSPS) is 11.1. The maximum absolute atomic E-state index is 12.6. The first-order valence-corrected chi connectivity index (χ1v) is 9.69. The van der Waals surface area contributed by atoms with E-state index in [9.17, 15) is 4.79 Å². The average molecular weight is 369 g/mol. The van der Waals surface area contributed by atoms with Gasteiger partial charge in [-0.1, -0.05) is 37.3 Å². The monoisotopic (exact) mass is 368 g/mol. The number of benzene rings is 2. The van der Waals surface area contributed by atoms with Gasteiger partial charge in [0.25, 0.3) is 5.91 Å². The van der Waals surface area contributed by atoms with Crippen LogP contribution in [0.4, 0.5) is 0 Å². The molecule has 4 heteroatoms. The Morgan fingerprint density at radius 3 is 2.33 bits per heavy atom. The van der Waals surface area contributed by atoms with Crippen LogP contribution in [0.3, 0.4) is 0 Å². The summed E-state index contributed by atoms with van der Waals surface area (Å²) in [5.41, 5.74) is 3.04. The van der Waals surface area contributed by atoms with Crippen molar-refractivity contribution >= 4 is 5.91 Å². The van der Waals surface area contributed by atoms with E-state index < -0.39 is 0 Å². The number of para-hydroxylation sites is 1. The zero-order valence-electron chi connectivity index (χ0n) is 17.2. The highest BCUT2D eigenvalue weighted by Gasteiger charge is 2.13. The molecular weight excluding hydrogens is 336 g/mol. The van der Waals surface area contributed by atoms with Crippen LogP contribution in [-0.2, 0) is 6.54 Å². The highest BCUT2D eigenvalue weighted by molar-refractivity contribution is 5.94. The summed E-state index contributed by atoms with van der Waals surface area (Å²) in [4.78, 5) is 16.7. The molecule has 4 nitrogen and oxygen atoms in total. The smallest absolute Gasteiger partial charge is 0.253 e. The van der Waals surface area contributed by atoms with Crippen LogP contribution >= 0.6 is 0 Å². The maximum atomic E-state index is 12.6. The van der Waals surface area contributed by atoms with Crippen LogP contribution in [0.25, 0.3) is 0 Å². The molecule has 0 atom stereocenters. The van der Waals surface area contributed by atoms with Gasteiger partial charge in [0, 0.05) is 25.2 Å². The maximum Gasteiger partial charge on any atom is 0.253 e. The summed E-state index contributed by atoms with van der Waals surface area (Å²) in [7, 11) is 1.81. The molecule has 0 radical (unpaired) electrons. The van der Waals surface area contributed by atoms with Crippen molar-refractivity contribution in [2.75, 3.05) is 26.7 Å². The van der Waals surface area contributed by atoms with Crippen molar-refractivity contribution in [3.63, 3.8) is 0 Å². The third-order valence-electron chi connectivity index (χ3n) is 4.85. The number of carbonyl (C=O) groups excluding carboxylic acids is 1. The van der Waals surface area contributed by atoms with Crippen LogP contribution in [0.15, 0.2) is 48.5 Å². The minimum absolute atomic E-state index is 0.0196. The van der Waals surface area contributed by atoms with Gasteiger partial charge in [0.15, 0.2) is 0 Å². The zero-order valence-corrected chi connectivity index (χ0v) is 17.2. The fourth-order valence-corrected chi connectivity index (χ4v) is 2.98. The number of carbonyl (C=O) groups is 1. The van der Waals surface area contributed by atoms with Crippen molar-refractivity contribution < 1.29 is 9.53 Å². The van der Waals surface area contributed by atoms with E-state index in [-0.39, 0.29) is 5.91 Å². The molecule has 2 aromatic rings. The standard InChI is InChI=1S/C23H32N2O2/c1-6-25(18(2)3)17-20-11-13-21(14-12-20)23(26)24(5)15-16-27-22-10-8-7-9-19(22)4/h7-14,18H,6,15-17H2,1-5H3. The summed E-state index contributed by atoms with van der Waals surface area (Å²) in [6, 6.07) is 16.4. The van der Waals surface area contributed by atoms with Gasteiger partial charge < -0.3 is 9.64 Å². The summed E-state index contributed by atoms with van der Waals surface area (Å²) in [6.07, 6.45) is 0. The molecule has 146 valence electrons. The molecule has 1 amide bonds. The Kier molecular flexibility index (Phi) is 7.86. The van der Waals surface area contributed by atoms with E-state index in [2.05, 4.69) is 37.8 Å². The van der Waals surface area contributed by atoms with E-state index in [1.165, 1.54) is 5.56 Å². The lowest BCUT2D eigenvalue weighted by atomic mass is 10.1. The molecule has 2 rings (SSSR count). The second-order valence-corrected chi connectivity index (χ2v) is 7.19. The van der Waals surface area contributed by atoms with Gasteiger partial charge in [0.2, 0.25) is 0 Å². The number of hydrogen-bond donors (Lipinski definition) is 0. The molecule has 0 aromatic heterocycles. The van der Waals surface area contributed by atoms with Crippen LogP contribution < -0.4 is 4.74 Å². The quantitative estimate of drug-likeness (QED) is 0.659. The fourth-order valence-electron chi connectivity index (χ4n) is 2.98. The zero-order chi connectivity index (χ0) is 19.8. The first-order chi connectivity index (χ1) is 12.9. The van der Waals surface area contributed by atoms with E-state index >= 15 is 0 Å². The lowest BCUT2D eigenvalue weighted by Gasteiger charge is -2.25. The van der Waals surface area contributed by atoms with Crippen molar-refractivity contribution in [3.8, 4) is 5.75 Å². The summed E-state index contributed by atoms with van der Waals surface area (Å²) < 4.78 is 5.79. The Balaban J connectivity index is 1.87. The third kappa shape index (κ3) is 6.10. The molecule has 0 aliphatic rings. The SMILES string of the molecule is CCN(Cc1ccc(C(=O)N(C)CCOc2ccccc2C)cc1)C(C)C. The first-order valence-electron chi connectivity index (χ1n) is 9.69. The molecule has 0 bridgehead atoms. The van der Waals surface area contributed by atoms with Crippen molar-refractivity contribution in [3.05, 3.63) is 65.2 Å². The number of hydrogen-bond acceptors (Lipinski definition) is 3. The largest absolute Gasteiger partial charge is 0.491 e. The van der Waals surface area contributed by atoms with Gasteiger partial charge in [-0.05, 0) is 56.6 Å². The van der Waals surface area contributed by atoms with Gasteiger partial charge in [-0.15, -0.1) is 0 Å². The Labute approximate surface area is 163 Å². The van der Waals surface area contributed by atoms with Gasteiger partial charge in [0.1, 0.15) is 12.4 Å². The summed E-state index contributed by atoms with van der Waals surface area (Å²) in [6.45, 7) is 11.5. The second kappa shape index (κ2) is 10.1. The molecular formula is C23H32N2O2. The molecule has 0 heterocycles. The Morgan fingerprint density at radius 1 is 1.07 bits per heavy atom. The van der Waals surface area contributed by atoms with E-state index in [1.54, 1.807) is 4.90 Å². The molecule has 0 N–H and O–H groups in total. The Hall–Kier alpha value is -2.33. The number of amides is 1. The molecule has 0 aliphatic carbocycles. The summed E-state index contributed by atoms with van der Waals surface area (Å²) in [5.74, 6) is 0.888. The average Bonchev–Trinajstić information content (AvgIpc) is 2.67. The second-order valence-electron chi connectivity index (χ2n) is 7.19. The molecule has 0 saturated carbocycles. The van der Waals surface area contributed by atoms with Crippen molar-refractivity contribution in [1.82, 2.24) is 9.80 Å². The minimum atomic E-state index is 0.0196. The Morgan fingerprint density at radius 2 is 1.74 bits per heavy atom. The molecule has 0 aliphatic heterocycles. The predicted octanol–water partition coefficient (Wildman–Crippen LogP) is 4.38. The van der Waals surface area contributed by atoms with Crippen LogP contribution in [0, 0.1) is 6.92 Å². The number of likely N-dealkylation sites (N-methyl/N-ethyl adjacent to an activating group) is 1. The van der Waals surface area contributed by atoms with Gasteiger partial charge in [-0.25, -0.2) is 0 Å². The first kappa shape index (κ1) is 21.0. The van der Waals surface area contributed by atoms with Gasteiger partial charge in [-0.2, -0.15) is 0 Å². The van der Waals surface area contributed by atoms with Gasteiger partial charge in [0.05, 0.1) is 6.54 Å². The predicted molar refractivity (Wildman–Crippen MR) is 111 cm³/mol. The van der Waals surface area contributed by atoms with Crippen LogP contribution in [-0.4, -0.2) is 48.5 Å². The van der Waals surface area contributed by atoms with Gasteiger partial charge in [-0.3, -0.25) is 9.69 Å². The summed E-state index contributed by atoms with van der Waals surface area (Å²) >= 11 is 0. The Bertz CT molecular complexity index is 725. The van der Waals surface area contributed by atoms with E-state index in [4.69, 9.17) is 4.74 Å². The number of nitrogens with zero attached hydrogens (tertiary/aromatic N) is 2. The molecule has 0 unspecified atom stereocenters. The molecule has 27 heavy (non-hydrogen) atoms. The number of ether oxygens (including phenoxy) is 1. The van der Waals surface area contributed by atoms with Crippen LogP contribution in [0.1, 0.15) is 42.3 Å². The number of aryl methyl sites for hydroxylation is 1. The lowest BCUT2D eigenvalue weighted by Crippen LogP contribution is -2.31. The van der Waals surface area contributed by atoms with Crippen molar-refractivity contribution in [2.24, 2.45) is 0 Å². The highest BCUT2D eigenvalue weighted by Crippen LogP contribution is 2.16. The van der Waals surface area contributed by atoms with E-state index in [0.29, 0.717) is 24.8 Å². The van der Waals surface area contributed by atoms with Crippen molar-refractivity contribution in [2.45, 2.75) is 40.3 Å².